The Morgan fingerprint density at radius 1 is 1.13 bits per heavy atom. The molecule has 0 radical (unpaired) electrons. The second kappa shape index (κ2) is 6.68. The Morgan fingerprint density at radius 3 is 2.39 bits per heavy atom. The maximum Gasteiger partial charge on any atom is 0.417 e. The Bertz CT molecular complexity index is 739. The number of aromatic nitrogens is 1. The molecule has 1 aromatic heterocycles. The average molecular weight is 324 g/mol. The molecule has 23 heavy (non-hydrogen) atoms. The quantitative estimate of drug-likeness (QED) is 0.867. The van der Waals surface area contributed by atoms with E-state index in [1.807, 2.05) is 30.3 Å². The van der Waals surface area contributed by atoms with Crippen LogP contribution < -0.4 is 5.56 Å². The first-order valence-corrected chi connectivity index (χ1v) is 6.83. The number of carbonyl (C=O) groups excluding carboxylic acids is 1. The molecule has 2 rings (SSSR count). The fourth-order valence-electron chi connectivity index (χ4n) is 2.03. The normalized spacial score (nSPS) is 11.3. The van der Waals surface area contributed by atoms with Gasteiger partial charge in [0, 0.05) is 25.9 Å². The van der Waals surface area contributed by atoms with Crippen molar-refractivity contribution in [3.63, 3.8) is 0 Å². The molecule has 0 aliphatic heterocycles. The van der Waals surface area contributed by atoms with Gasteiger partial charge in [0.15, 0.2) is 0 Å². The Balaban J connectivity index is 2.12. The van der Waals surface area contributed by atoms with E-state index in [-0.39, 0.29) is 0 Å². The van der Waals surface area contributed by atoms with Gasteiger partial charge < -0.3 is 9.47 Å². The summed E-state index contributed by atoms with van der Waals surface area (Å²) in [5, 5.41) is 0. The Hall–Kier alpha value is -2.57. The number of hydrogen-bond acceptors (Lipinski definition) is 2. The van der Waals surface area contributed by atoms with Crippen LogP contribution in [0.4, 0.5) is 13.2 Å². The number of likely N-dealkylation sites (N-methyl/N-ethyl adjacent to an activating group) is 1. The van der Waals surface area contributed by atoms with Crippen LogP contribution in [-0.2, 0) is 24.1 Å². The number of alkyl halides is 3. The van der Waals surface area contributed by atoms with Gasteiger partial charge in [-0.15, -0.1) is 0 Å². The molecule has 0 atom stereocenters. The minimum Gasteiger partial charge on any atom is -0.340 e. The first kappa shape index (κ1) is 16.8. The topological polar surface area (TPSA) is 42.3 Å². The van der Waals surface area contributed by atoms with Gasteiger partial charge in [0.05, 0.1) is 5.56 Å². The van der Waals surface area contributed by atoms with E-state index in [2.05, 4.69) is 0 Å². The molecule has 0 aliphatic rings. The third-order valence-corrected chi connectivity index (χ3v) is 3.30. The molecular formula is C16H15F3N2O2. The number of nitrogens with zero attached hydrogens (tertiary/aromatic N) is 2. The van der Waals surface area contributed by atoms with Crippen molar-refractivity contribution in [1.29, 1.82) is 0 Å². The molecule has 122 valence electrons. The number of amides is 1. The van der Waals surface area contributed by atoms with Crippen LogP contribution in [0.15, 0.2) is 53.5 Å². The molecule has 1 amide bonds. The number of rotatable bonds is 4. The molecule has 0 spiro atoms. The van der Waals surface area contributed by atoms with Gasteiger partial charge in [0.1, 0.15) is 6.54 Å². The fourth-order valence-corrected chi connectivity index (χ4v) is 2.03. The highest BCUT2D eigenvalue weighted by atomic mass is 19.4. The molecule has 0 fully saturated rings. The lowest BCUT2D eigenvalue weighted by atomic mass is 10.2. The molecule has 0 bridgehead atoms. The van der Waals surface area contributed by atoms with E-state index < -0.39 is 29.8 Å². The van der Waals surface area contributed by atoms with Crippen molar-refractivity contribution in [2.75, 3.05) is 7.05 Å². The van der Waals surface area contributed by atoms with Crippen molar-refractivity contribution >= 4 is 5.91 Å². The van der Waals surface area contributed by atoms with Gasteiger partial charge in [-0.05, 0) is 11.6 Å². The van der Waals surface area contributed by atoms with Gasteiger partial charge in [-0.3, -0.25) is 9.59 Å². The van der Waals surface area contributed by atoms with E-state index in [1.165, 1.54) is 11.9 Å². The van der Waals surface area contributed by atoms with Gasteiger partial charge in [0.25, 0.3) is 5.56 Å². The Kier molecular flexibility index (Phi) is 4.88. The zero-order valence-corrected chi connectivity index (χ0v) is 12.4. The van der Waals surface area contributed by atoms with Gasteiger partial charge in [0.2, 0.25) is 5.91 Å². The summed E-state index contributed by atoms with van der Waals surface area (Å²) in [5.74, 6) is -0.449. The Labute approximate surface area is 130 Å². The summed E-state index contributed by atoms with van der Waals surface area (Å²) in [6.45, 7) is -0.126. The highest BCUT2D eigenvalue weighted by Crippen LogP contribution is 2.27. The van der Waals surface area contributed by atoms with Crippen LogP contribution in [0, 0.1) is 0 Å². The smallest absolute Gasteiger partial charge is 0.340 e. The zero-order valence-electron chi connectivity index (χ0n) is 12.4. The van der Waals surface area contributed by atoms with Crippen molar-refractivity contribution in [3.8, 4) is 0 Å². The SMILES string of the molecule is CN(Cc1ccccc1)C(=O)Cn1cc(C(F)(F)F)ccc1=O. The van der Waals surface area contributed by atoms with Gasteiger partial charge in [-0.2, -0.15) is 13.2 Å². The summed E-state index contributed by atoms with van der Waals surface area (Å²) < 4.78 is 38.8. The van der Waals surface area contributed by atoms with E-state index >= 15 is 0 Å². The van der Waals surface area contributed by atoms with Crippen molar-refractivity contribution in [2.24, 2.45) is 0 Å². The summed E-state index contributed by atoms with van der Waals surface area (Å²) in [5.41, 5.74) is -0.727. The molecule has 1 aromatic carbocycles. The van der Waals surface area contributed by atoms with Crippen molar-refractivity contribution < 1.29 is 18.0 Å². The molecule has 1 heterocycles. The minimum atomic E-state index is -4.56. The second-order valence-electron chi connectivity index (χ2n) is 5.12. The molecule has 4 nitrogen and oxygen atoms in total. The number of benzene rings is 1. The van der Waals surface area contributed by atoms with Gasteiger partial charge in [-0.1, -0.05) is 30.3 Å². The summed E-state index contributed by atoms with van der Waals surface area (Å²) in [6.07, 6.45) is -3.90. The number of halogens is 3. The molecule has 0 saturated heterocycles. The van der Waals surface area contributed by atoms with E-state index in [1.54, 1.807) is 0 Å². The molecule has 2 aromatic rings. The van der Waals surface area contributed by atoms with Crippen molar-refractivity contribution in [2.45, 2.75) is 19.3 Å². The molecule has 7 heteroatoms. The van der Waals surface area contributed by atoms with Crippen LogP contribution in [0.1, 0.15) is 11.1 Å². The van der Waals surface area contributed by atoms with Crippen LogP contribution in [0.2, 0.25) is 0 Å². The first-order valence-electron chi connectivity index (χ1n) is 6.83. The third-order valence-electron chi connectivity index (χ3n) is 3.30. The molecule has 0 saturated carbocycles. The van der Waals surface area contributed by atoms with Crippen LogP contribution in [0.3, 0.4) is 0 Å². The van der Waals surface area contributed by atoms with E-state index in [4.69, 9.17) is 0 Å². The summed E-state index contributed by atoms with van der Waals surface area (Å²) >= 11 is 0. The average Bonchev–Trinajstić information content (AvgIpc) is 2.49. The maximum atomic E-state index is 12.7. The summed E-state index contributed by atoms with van der Waals surface area (Å²) in [7, 11) is 1.54. The van der Waals surface area contributed by atoms with Gasteiger partial charge in [-0.25, -0.2) is 0 Å². The largest absolute Gasteiger partial charge is 0.417 e. The highest BCUT2D eigenvalue weighted by Gasteiger charge is 2.31. The van der Waals surface area contributed by atoms with Crippen molar-refractivity contribution in [3.05, 3.63) is 70.1 Å². The van der Waals surface area contributed by atoms with Crippen LogP contribution >= 0.6 is 0 Å². The highest BCUT2D eigenvalue weighted by molar-refractivity contribution is 5.75. The molecule has 0 N–H and O–H groups in total. The lowest BCUT2D eigenvalue weighted by Gasteiger charge is -2.18. The monoisotopic (exact) mass is 324 g/mol. The van der Waals surface area contributed by atoms with Gasteiger partial charge >= 0.3 is 6.18 Å². The Morgan fingerprint density at radius 2 is 1.78 bits per heavy atom. The lowest BCUT2D eigenvalue weighted by Crippen LogP contribution is -2.33. The van der Waals surface area contributed by atoms with Crippen LogP contribution in [0.25, 0.3) is 0 Å². The summed E-state index contributed by atoms with van der Waals surface area (Å²) in [6, 6.07) is 10.7. The summed E-state index contributed by atoms with van der Waals surface area (Å²) in [4.78, 5) is 25.1. The number of carbonyl (C=O) groups is 1. The molecule has 0 aliphatic carbocycles. The fraction of sp³-hybridized carbons (Fsp3) is 0.250. The predicted octanol–water partition coefficient (Wildman–Crippen LogP) is 2.53. The maximum absolute atomic E-state index is 12.7. The number of hydrogen-bond donors (Lipinski definition) is 0. The van der Waals surface area contributed by atoms with E-state index in [0.29, 0.717) is 18.8 Å². The van der Waals surface area contributed by atoms with Crippen LogP contribution in [-0.4, -0.2) is 22.4 Å². The van der Waals surface area contributed by atoms with Crippen LogP contribution in [0.5, 0.6) is 0 Å². The zero-order chi connectivity index (χ0) is 17.0. The number of pyridine rings is 1. The van der Waals surface area contributed by atoms with E-state index in [0.717, 1.165) is 16.2 Å². The second-order valence-corrected chi connectivity index (χ2v) is 5.12. The third kappa shape index (κ3) is 4.45. The standard InChI is InChI=1S/C16H15F3N2O2/c1-20(9-12-5-3-2-4-6-12)15(23)11-21-10-13(16(17,18)19)7-8-14(21)22/h2-8,10H,9,11H2,1H3. The minimum absolute atomic E-state index is 0.313. The lowest BCUT2D eigenvalue weighted by molar-refractivity contribution is -0.138. The van der Waals surface area contributed by atoms with Crippen molar-refractivity contribution in [1.82, 2.24) is 9.47 Å². The molecule has 0 unspecified atom stereocenters. The van der Waals surface area contributed by atoms with E-state index in [9.17, 15) is 22.8 Å². The molecular weight excluding hydrogens is 309 g/mol. The predicted molar refractivity (Wildman–Crippen MR) is 78.6 cm³/mol. The first-order chi connectivity index (χ1) is 10.8.